The zero-order valence-electron chi connectivity index (χ0n) is 18.8. The van der Waals surface area contributed by atoms with Crippen molar-refractivity contribution in [3.8, 4) is 5.75 Å². The number of phenols is 1. The van der Waals surface area contributed by atoms with E-state index in [0.29, 0.717) is 29.7 Å². The van der Waals surface area contributed by atoms with Crippen LogP contribution in [0.3, 0.4) is 0 Å². The van der Waals surface area contributed by atoms with Crippen LogP contribution in [0.25, 0.3) is 0 Å². The second-order valence-corrected chi connectivity index (χ2v) is 9.33. The Morgan fingerprint density at radius 3 is 2.45 bits per heavy atom. The molecule has 2 N–H and O–H groups in total. The molecule has 0 aromatic heterocycles. The highest BCUT2D eigenvalue weighted by molar-refractivity contribution is 6.04. The molecule has 2 aromatic carbocycles. The van der Waals surface area contributed by atoms with E-state index >= 15 is 0 Å². The summed E-state index contributed by atoms with van der Waals surface area (Å²) in [4.78, 5) is 26.9. The van der Waals surface area contributed by atoms with E-state index in [2.05, 4.69) is 17.4 Å². The number of allylic oxidation sites excluding steroid dienone is 3. The lowest BCUT2D eigenvalue weighted by molar-refractivity contribution is -0.144. The zero-order valence-corrected chi connectivity index (χ0v) is 18.8. The van der Waals surface area contributed by atoms with Gasteiger partial charge in [-0.2, -0.15) is 0 Å². The minimum absolute atomic E-state index is 0.0320. The first-order valence-electron chi connectivity index (χ1n) is 11.8. The van der Waals surface area contributed by atoms with Gasteiger partial charge in [0.05, 0.1) is 5.57 Å². The lowest BCUT2D eigenvalue weighted by atomic mass is 9.71. The van der Waals surface area contributed by atoms with Crippen molar-refractivity contribution in [3.05, 3.63) is 88.3 Å². The van der Waals surface area contributed by atoms with E-state index in [9.17, 15) is 14.7 Å². The number of aromatic hydroxyl groups is 1. The van der Waals surface area contributed by atoms with Crippen molar-refractivity contribution in [2.45, 2.75) is 63.4 Å². The van der Waals surface area contributed by atoms with Crippen molar-refractivity contribution >= 4 is 11.8 Å². The van der Waals surface area contributed by atoms with Crippen LogP contribution >= 0.6 is 0 Å². The molecule has 5 heteroatoms. The SMILES string of the molecule is CC1=C(C(=O)OC2CCCC2)C(c2cccc(O)c2)C2=C(CC(c3ccccc3)CC2=O)N1. The van der Waals surface area contributed by atoms with Gasteiger partial charge in [0.1, 0.15) is 11.9 Å². The Hall–Kier alpha value is -3.34. The molecule has 2 atom stereocenters. The fourth-order valence-electron chi connectivity index (χ4n) is 5.53. The number of nitrogens with one attached hydrogen (secondary N) is 1. The number of dihydropyridines is 1. The maximum atomic E-state index is 13.6. The molecule has 3 aliphatic rings. The third kappa shape index (κ3) is 4.20. The second kappa shape index (κ2) is 8.89. The van der Waals surface area contributed by atoms with Gasteiger partial charge in [0, 0.05) is 29.3 Å². The number of carbonyl (C=O) groups is 2. The van der Waals surface area contributed by atoms with Crippen LogP contribution in [0.5, 0.6) is 5.75 Å². The van der Waals surface area contributed by atoms with E-state index in [-0.39, 0.29) is 29.5 Å². The van der Waals surface area contributed by atoms with Crippen molar-refractivity contribution in [3.63, 3.8) is 0 Å². The van der Waals surface area contributed by atoms with Gasteiger partial charge in [-0.1, -0.05) is 42.5 Å². The summed E-state index contributed by atoms with van der Waals surface area (Å²) in [6.45, 7) is 1.88. The van der Waals surface area contributed by atoms with Gasteiger partial charge in [0.2, 0.25) is 0 Å². The van der Waals surface area contributed by atoms with Gasteiger partial charge in [-0.15, -0.1) is 0 Å². The lowest BCUT2D eigenvalue weighted by Gasteiger charge is -2.37. The molecule has 1 saturated carbocycles. The van der Waals surface area contributed by atoms with E-state index in [1.54, 1.807) is 18.2 Å². The molecule has 2 unspecified atom stereocenters. The topological polar surface area (TPSA) is 75.6 Å². The Labute approximate surface area is 194 Å². The van der Waals surface area contributed by atoms with Crippen LogP contribution in [-0.2, 0) is 14.3 Å². The van der Waals surface area contributed by atoms with Crippen LogP contribution in [0.2, 0.25) is 0 Å². The molecule has 1 heterocycles. The standard InChI is InChI=1S/C28H29NO4/c1-17-25(28(32)33-22-12-5-6-13-22)26(19-10-7-11-21(30)14-19)27-23(29-17)15-20(16-24(27)31)18-8-3-2-4-9-18/h2-4,7-11,14,20,22,26,29-30H,5-6,12-13,15-16H2,1H3. The Balaban J connectivity index is 1.55. The van der Waals surface area contributed by atoms with Crippen molar-refractivity contribution in [2.75, 3.05) is 0 Å². The third-order valence-electron chi connectivity index (χ3n) is 7.10. The predicted molar refractivity (Wildman–Crippen MR) is 125 cm³/mol. The summed E-state index contributed by atoms with van der Waals surface area (Å²) < 4.78 is 5.88. The molecule has 0 saturated heterocycles. The van der Waals surface area contributed by atoms with Gasteiger partial charge < -0.3 is 15.2 Å². The van der Waals surface area contributed by atoms with Gasteiger partial charge in [-0.05, 0) is 68.2 Å². The van der Waals surface area contributed by atoms with Gasteiger partial charge in [-0.25, -0.2) is 4.79 Å². The summed E-state index contributed by atoms with van der Waals surface area (Å²) in [5.41, 5.74) is 4.54. The Bertz CT molecular complexity index is 1140. The van der Waals surface area contributed by atoms with Gasteiger partial charge in [0.25, 0.3) is 0 Å². The number of hydrogen-bond acceptors (Lipinski definition) is 5. The van der Waals surface area contributed by atoms with Crippen LogP contribution in [-0.4, -0.2) is 23.0 Å². The summed E-state index contributed by atoms with van der Waals surface area (Å²) in [5.74, 6) is -0.685. The lowest BCUT2D eigenvalue weighted by Crippen LogP contribution is -2.36. The summed E-state index contributed by atoms with van der Waals surface area (Å²) in [7, 11) is 0. The van der Waals surface area contributed by atoms with Crippen molar-refractivity contribution < 1.29 is 19.4 Å². The summed E-state index contributed by atoms with van der Waals surface area (Å²) >= 11 is 0. The molecule has 0 bridgehead atoms. The van der Waals surface area contributed by atoms with Crippen LogP contribution < -0.4 is 5.32 Å². The fourth-order valence-corrected chi connectivity index (χ4v) is 5.53. The minimum Gasteiger partial charge on any atom is -0.508 e. The number of Topliss-reactive ketones (excluding diaryl/α,β-unsaturated/α-hetero) is 1. The van der Waals surface area contributed by atoms with Gasteiger partial charge >= 0.3 is 5.97 Å². The highest BCUT2D eigenvalue weighted by Gasteiger charge is 2.42. The molecule has 0 amide bonds. The highest BCUT2D eigenvalue weighted by Crippen LogP contribution is 2.46. The van der Waals surface area contributed by atoms with E-state index in [4.69, 9.17) is 4.74 Å². The molecule has 1 aliphatic heterocycles. The van der Waals surface area contributed by atoms with Gasteiger partial charge in [-0.3, -0.25) is 4.79 Å². The maximum Gasteiger partial charge on any atom is 0.337 e. The average molecular weight is 444 g/mol. The Kier molecular flexibility index (Phi) is 5.79. The van der Waals surface area contributed by atoms with Crippen molar-refractivity contribution in [1.82, 2.24) is 5.32 Å². The Morgan fingerprint density at radius 1 is 1.00 bits per heavy atom. The van der Waals surface area contributed by atoms with E-state index in [1.807, 2.05) is 31.2 Å². The molecule has 0 radical (unpaired) electrons. The summed E-state index contributed by atoms with van der Waals surface area (Å²) in [5, 5.41) is 13.6. The first-order chi connectivity index (χ1) is 16.0. The largest absolute Gasteiger partial charge is 0.508 e. The number of ether oxygens (including phenoxy) is 1. The van der Waals surface area contributed by atoms with Crippen LogP contribution in [0.1, 0.15) is 68.4 Å². The molecule has 2 aliphatic carbocycles. The maximum absolute atomic E-state index is 13.6. The van der Waals surface area contributed by atoms with E-state index in [1.165, 1.54) is 0 Å². The summed E-state index contributed by atoms with van der Waals surface area (Å²) in [6.07, 6.45) is 4.93. The van der Waals surface area contributed by atoms with E-state index in [0.717, 1.165) is 42.5 Å². The number of phenolic OH excluding ortho intramolecular Hbond substituents is 1. The molecule has 170 valence electrons. The molecule has 5 rings (SSSR count). The molecule has 5 nitrogen and oxygen atoms in total. The summed E-state index contributed by atoms with van der Waals surface area (Å²) in [6, 6.07) is 17.0. The second-order valence-electron chi connectivity index (χ2n) is 9.33. The van der Waals surface area contributed by atoms with E-state index < -0.39 is 5.92 Å². The minimum atomic E-state index is -0.550. The number of rotatable bonds is 4. The normalized spacial score (nSPS) is 23.4. The first kappa shape index (κ1) is 21.5. The van der Waals surface area contributed by atoms with Crippen LogP contribution in [0, 0.1) is 0 Å². The number of carbonyl (C=O) groups excluding carboxylic acids is 2. The van der Waals surface area contributed by atoms with Crippen LogP contribution in [0.4, 0.5) is 0 Å². The number of benzene rings is 2. The van der Waals surface area contributed by atoms with Crippen molar-refractivity contribution in [2.24, 2.45) is 0 Å². The highest BCUT2D eigenvalue weighted by atomic mass is 16.5. The van der Waals surface area contributed by atoms with Crippen LogP contribution in [0.15, 0.2) is 77.1 Å². The smallest absolute Gasteiger partial charge is 0.337 e. The molecular formula is C28H29NO4. The zero-order chi connectivity index (χ0) is 22.9. The first-order valence-corrected chi connectivity index (χ1v) is 11.8. The molecule has 1 fully saturated rings. The quantitative estimate of drug-likeness (QED) is 0.632. The molecular weight excluding hydrogens is 414 g/mol. The number of hydrogen-bond donors (Lipinski definition) is 2. The Morgan fingerprint density at radius 2 is 1.73 bits per heavy atom. The fraction of sp³-hybridized carbons (Fsp3) is 0.357. The number of esters is 1. The average Bonchev–Trinajstić information content (AvgIpc) is 3.31. The van der Waals surface area contributed by atoms with Gasteiger partial charge in [0.15, 0.2) is 5.78 Å². The monoisotopic (exact) mass is 443 g/mol. The molecule has 0 spiro atoms. The van der Waals surface area contributed by atoms with Crippen molar-refractivity contribution in [1.29, 1.82) is 0 Å². The molecule has 33 heavy (non-hydrogen) atoms. The number of ketones is 1. The molecule has 2 aromatic rings. The third-order valence-corrected chi connectivity index (χ3v) is 7.10. The predicted octanol–water partition coefficient (Wildman–Crippen LogP) is 5.24.